The molecular formula is C5H10O3. The van der Waals surface area contributed by atoms with Crippen molar-refractivity contribution in [3.05, 3.63) is 0 Å². The Hall–Kier alpha value is -0.410. The number of carbonyl (C=O) groups excluding carboxylic acids is 1. The average molecular weight is 118 g/mol. The number of hydrogen-bond donors (Lipinski definition) is 2. The van der Waals surface area contributed by atoms with Gasteiger partial charge in [0.15, 0.2) is 5.78 Å². The van der Waals surface area contributed by atoms with Gasteiger partial charge in [-0.25, -0.2) is 0 Å². The van der Waals surface area contributed by atoms with E-state index in [0.717, 1.165) is 0 Å². The molecule has 0 aliphatic carbocycles. The van der Waals surface area contributed by atoms with Crippen molar-refractivity contribution < 1.29 is 15.0 Å². The van der Waals surface area contributed by atoms with Gasteiger partial charge in [0.05, 0.1) is 6.61 Å². The van der Waals surface area contributed by atoms with Gasteiger partial charge in [0.2, 0.25) is 0 Å². The van der Waals surface area contributed by atoms with Crippen LogP contribution in [0.15, 0.2) is 0 Å². The highest BCUT2D eigenvalue weighted by Gasteiger charge is 2.05. The summed E-state index contributed by atoms with van der Waals surface area (Å²) >= 11 is 0. The summed E-state index contributed by atoms with van der Waals surface area (Å²) in [5, 5.41) is 16.6. The molecule has 0 spiro atoms. The molecule has 0 amide bonds. The SMILES string of the molecule is CC(O)C(=O)CCO. The maximum atomic E-state index is 10.3. The Balaban J connectivity index is 3.33. The molecule has 0 radical (unpaired) electrons. The maximum Gasteiger partial charge on any atom is 0.163 e. The third kappa shape index (κ3) is 2.71. The van der Waals surface area contributed by atoms with E-state index in [-0.39, 0.29) is 18.8 Å². The number of hydrogen-bond acceptors (Lipinski definition) is 3. The fraction of sp³-hybridized carbons (Fsp3) is 0.800. The molecule has 0 saturated carbocycles. The van der Waals surface area contributed by atoms with E-state index in [9.17, 15) is 4.79 Å². The van der Waals surface area contributed by atoms with E-state index in [1.54, 1.807) is 0 Å². The zero-order chi connectivity index (χ0) is 6.57. The third-order valence-electron chi connectivity index (χ3n) is 0.824. The molecule has 0 rings (SSSR count). The molecule has 0 fully saturated rings. The molecule has 0 aliphatic rings. The number of ketones is 1. The first-order valence-corrected chi connectivity index (χ1v) is 2.50. The van der Waals surface area contributed by atoms with Crippen molar-refractivity contribution in [2.24, 2.45) is 0 Å². The third-order valence-corrected chi connectivity index (χ3v) is 0.824. The van der Waals surface area contributed by atoms with Gasteiger partial charge in [0.1, 0.15) is 6.10 Å². The summed E-state index contributed by atoms with van der Waals surface area (Å²) in [5.74, 6) is -0.312. The smallest absolute Gasteiger partial charge is 0.163 e. The van der Waals surface area contributed by atoms with Crippen molar-refractivity contribution >= 4 is 5.78 Å². The predicted molar refractivity (Wildman–Crippen MR) is 28.4 cm³/mol. The molecule has 0 bridgehead atoms. The molecule has 3 heteroatoms. The summed E-state index contributed by atoms with van der Waals surface area (Å²) in [5.41, 5.74) is 0. The molecule has 0 heterocycles. The highest BCUT2D eigenvalue weighted by atomic mass is 16.3. The highest BCUT2D eigenvalue weighted by Crippen LogP contribution is 1.87. The van der Waals surface area contributed by atoms with Crippen LogP contribution < -0.4 is 0 Å². The van der Waals surface area contributed by atoms with Crippen LogP contribution in [-0.2, 0) is 4.79 Å². The van der Waals surface area contributed by atoms with Crippen LogP contribution in [0.1, 0.15) is 13.3 Å². The lowest BCUT2D eigenvalue weighted by Gasteiger charge is -1.97. The minimum atomic E-state index is -0.929. The summed E-state index contributed by atoms with van der Waals surface area (Å²) in [6.45, 7) is 1.21. The van der Waals surface area contributed by atoms with Crippen LogP contribution in [0.5, 0.6) is 0 Å². The van der Waals surface area contributed by atoms with Crippen LogP contribution >= 0.6 is 0 Å². The van der Waals surface area contributed by atoms with Crippen LogP contribution in [-0.4, -0.2) is 28.7 Å². The van der Waals surface area contributed by atoms with E-state index in [1.165, 1.54) is 6.92 Å². The molecule has 8 heavy (non-hydrogen) atoms. The summed E-state index contributed by atoms with van der Waals surface area (Å²) in [4.78, 5) is 10.3. The largest absolute Gasteiger partial charge is 0.396 e. The molecule has 2 N–H and O–H groups in total. The molecule has 0 saturated heterocycles. The number of Topliss-reactive ketones (excluding diaryl/α,β-unsaturated/α-hetero) is 1. The lowest BCUT2D eigenvalue weighted by atomic mass is 10.2. The van der Waals surface area contributed by atoms with Crippen molar-refractivity contribution in [3.63, 3.8) is 0 Å². The second-order valence-corrected chi connectivity index (χ2v) is 1.62. The summed E-state index contributed by atoms with van der Waals surface area (Å²) in [7, 11) is 0. The van der Waals surface area contributed by atoms with E-state index in [2.05, 4.69) is 0 Å². The summed E-state index contributed by atoms with van der Waals surface area (Å²) < 4.78 is 0. The predicted octanol–water partition coefficient (Wildman–Crippen LogP) is -0.681. The van der Waals surface area contributed by atoms with E-state index in [4.69, 9.17) is 10.2 Å². The van der Waals surface area contributed by atoms with Gasteiger partial charge in [-0.1, -0.05) is 0 Å². The first-order chi connectivity index (χ1) is 3.68. The van der Waals surface area contributed by atoms with Gasteiger partial charge in [-0.3, -0.25) is 4.79 Å². The Morgan fingerprint density at radius 2 is 2.25 bits per heavy atom. The molecule has 3 nitrogen and oxygen atoms in total. The zero-order valence-corrected chi connectivity index (χ0v) is 4.79. The second kappa shape index (κ2) is 3.57. The van der Waals surface area contributed by atoms with Crippen molar-refractivity contribution in [2.75, 3.05) is 6.61 Å². The van der Waals surface area contributed by atoms with E-state index in [1.807, 2.05) is 0 Å². The lowest BCUT2D eigenvalue weighted by Crippen LogP contribution is -2.16. The molecule has 48 valence electrons. The van der Waals surface area contributed by atoms with Gasteiger partial charge in [0.25, 0.3) is 0 Å². The van der Waals surface area contributed by atoms with Crippen LogP contribution in [0, 0.1) is 0 Å². The fourth-order valence-electron chi connectivity index (χ4n) is 0.319. The summed E-state index contributed by atoms with van der Waals surface area (Å²) in [6.07, 6.45) is -0.875. The average Bonchev–Trinajstić information content (AvgIpc) is 1.67. The first-order valence-electron chi connectivity index (χ1n) is 2.50. The van der Waals surface area contributed by atoms with Gasteiger partial charge in [0, 0.05) is 6.42 Å². The van der Waals surface area contributed by atoms with Crippen LogP contribution in [0.3, 0.4) is 0 Å². The van der Waals surface area contributed by atoms with E-state index < -0.39 is 6.10 Å². The van der Waals surface area contributed by atoms with Gasteiger partial charge in [-0.2, -0.15) is 0 Å². The topological polar surface area (TPSA) is 57.5 Å². The summed E-state index contributed by atoms with van der Waals surface area (Å²) in [6, 6.07) is 0. The quantitative estimate of drug-likeness (QED) is 0.516. The van der Waals surface area contributed by atoms with Crippen LogP contribution in [0.2, 0.25) is 0 Å². The molecule has 1 atom stereocenters. The fourth-order valence-corrected chi connectivity index (χ4v) is 0.319. The van der Waals surface area contributed by atoms with Crippen molar-refractivity contribution in [1.29, 1.82) is 0 Å². The van der Waals surface area contributed by atoms with Crippen LogP contribution in [0.4, 0.5) is 0 Å². The van der Waals surface area contributed by atoms with Crippen molar-refractivity contribution in [3.8, 4) is 0 Å². The van der Waals surface area contributed by atoms with Crippen molar-refractivity contribution in [1.82, 2.24) is 0 Å². The lowest BCUT2D eigenvalue weighted by molar-refractivity contribution is -0.126. The Morgan fingerprint density at radius 1 is 1.75 bits per heavy atom. The Labute approximate surface area is 47.9 Å². The monoisotopic (exact) mass is 118 g/mol. The molecule has 0 aromatic heterocycles. The zero-order valence-electron chi connectivity index (χ0n) is 4.79. The number of rotatable bonds is 3. The number of carbonyl (C=O) groups is 1. The standard InChI is InChI=1S/C5H10O3/c1-4(7)5(8)2-3-6/h4,6-7H,2-3H2,1H3. The molecule has 1 unspecified atom stereocenters. The highest BCUT2D eigenvalue weighted by molar-refractivity contribution is 5.82. The Morgan fingerprint density at radius 3 is 2.38 bits per heavy atom. The molecule has 0 aromatic carbocycles. The number of aliphatic hydroxyl groups is 2. The van der Waals surface area contributed by atoms with E-state index in [0.29, 0.717) is 0 Å². The normalized spacial score (nSPS) is 13.4. The number of aliphatic hydroxyl groups excluding tert-OH is 2. The van der Waals surface area contributed by atoms with Gasteiger partial charge >= 0.3 is 0 Å². The molecule has 0 aliphatic heterocycles. The molecular weight excluding hydrogens is 108 g/mol. The minimum Gasteiger partial charge on any atom is -0.396 e. The minimum absolute atomic E-state index is 0.0532. The van der Waals surface area contributed by atoms with Gasteiger partial charge < -0.3 is 10.2 Å². The maximum absolute atomic E-state index is 10.3. The Kier molecular flexibility index (Phi) is 3.39. The second-order valence-electron chi connectivity index (χ2n) is 1.62. The van der Waals surface area contributed by atoms with Crippen LogP contribution in [0.25, 0.3) is 0 Å². The molecule has 0 aromatic rings. The van der Waals surface area contributed by atoms with E-state index >= 15 is 0 Å². The van der Waals surface area contributed by atoms with Crippen molar-refractivity contribution in [2.45, 2.75) is 19.4 Å². The van der Waals surface area contributed by atoms with Gasteiger partial charge in [-0.05, 0) is 6.92 Å². The first kappa shape index (κ1) is 7.59. The Bertz CT molecular complexity index is 77.7. The van der Waals surface area contributed by atoms with Gasteiger partial charge in [-0.15, -0.1) is 0 Å².